The van der Waals surface area contributed by atoms with Gasteiger partial charge in [0.25, 0.3) is 3.70 Å². The Kier molecular flexibility index (Phi) is 3.03. The molecule has 1 aromatic heterocycles. The number of halogens is 1. The van der Waals surface area contributed by atoms with Crippen LogP contribution in [-0.2, 0) is 0 Å². The second-order valence-corrected chi connectivity index (χ2v) is 3.92. The van der Waals surface area contributed by atoms with E-state index < -0.39 is 0 Å². The zero-order valence-electron chi connectivity index (χ0n) is 8.05. The molecule has 0 amide bonds. The van der Waals surface area contributed by atoms with E-state index in [1.165, 1.54) is 6.33 Å². The topological polar surface area (TPSA) is 41.1 Å². The van der Waals surface area contributed by atoms with Gasteiger partial charge in [0.05, 0.1) is 11.3 Å². The molecule has 5 heteroatoms. The van der Waals surface area contributed by atoms with Crippen molar-refractivity contribution in [1.82, 2.24) is 9.97 Å². The lowest BCUT2D eigenvalue weighted by Gasteiger charge is -1.98. The van der Waals surface area contributed by atoms with Crippen LogP contribution < -0.4 is 0 Å². The predicted octanol–water partition coefficient (Wildman–Crippen LogP) is 1.49. The summed E-state index contributed by atoms with van der Waals surface area (Å²) in [5, 5.41) is 0. The van der Waals surface area contributed by atoms with E-state index in [2.05, 4.69) is 43.4 Å². The summed E-state index contributed by atoms with van der Waals surface area (Å²) >= 11 is 2.24. The molecule has 2 rings (SSSR count). The summed E-state index contributed by atoms with van der Waals surface area (Å²) in [5.74, 6) is 3.00. The van der Waals surface area contributed by atoms with Gasteiger partial charge in [0.1, 0.15) is 19.6 Å². The van der Waals surface area contributed by atoms with E-state index in [9.17, 15) is 0 Å². The van der Waals surface area contributed by atoms with Crippen molar-refractivity contribution in [3.63, 3.8) is 0 Å². The van der Waals surface area contributed by atoms with Crippen LogP contribution in [0.15, 0.2) is 33.5 Å². The first-order valence-electron chi connectivity index (χ1n) is 4.30. The van der Waals surface area contributed by atoms with Crippen molar-refractivity contribution in [2.24, 2.45) is 4.99 Å². The molecule has 1 aliphatic rings. The minimum atomic E-state index is 0.863. The maximum Gasteiger partial charge on any atom is 0.261 e. The molecular weight excluding hydrogens is 303 g/mol. The van der Waals surface area contributed by atoms with Gasteiger partial charge in [0, 0.05) is 35.0 Å². The number of hydrogen-bond donors (Lipinski definition) is 0. The summed E-state index contributed by atoms with van der Waals surface area (Å²) in [6, 6.07) is 1.86. The molecule has 0 fully saturated rings. The van der Waals surface area contributed by atoms with Gasteiger partial charge in [0.2, 0.25) is 0 Å². The molecule has 2 heterocycles. The molecule has 0 saturated heterocycles. The van der Waals surface area contributed by atoms with E-state index in [1.54, 1.807) is 18.6 Å². The zero-order chi connectivity index (χ0) is 10.7. The largest absolute Gasteiger partial charge is 0.261 e. The van der Waals surface area contributed by atoms with Gasteiger partial charge in [0.15, 0.2) is 5.87 Å². The van der Waals surface area contributed by atoms with Gasteiger partial charge in [-0.1, -0.05) is 0 Å². The third-order valence-corrected chi connectivity index (χ3v) is 3.21. The fourth-order valence-electron chi connectivity index (χ4n) is 1.14. The van der Waals surface area contributed by atoms with Crippen LogP contribution in [0.4, 0.5) is 0 Å². The van der Waals surface area contributed by atoms with Crippen molar-refractivity contribution >= 4 is 40.2 Å². The average Bonchev–Trinajstić information content (AvgIpc) is 2.44. The number of aromatic nitrogens is 2. The number of rotatable bonds is 1. The minimum Gasteiger partial charge on any atom is -0.249 e. The second-order valence-electron chi connectivity index (χ2n) is 2.89. The Morgan fingerprint density at radius 3 is 3.07 bits per heavy atom. The SMILES string of the molecule is C[N+]1=C=CN=CC(c2ccncn2)=C1I. The van der Waals surface area contributed by atoms with Crippen molar-refractivity contribution in [2.45, 2.75) is 0 Å². The molecular formula is C10H8IN4+. The first-order valence-corrected chi connectivity index (χ1v) is 5.38. The van der Waals surface area contributed by atoms with Crippen molar-refractivity contribution in [3.8, 4) is 0 Å². The van der Waals surface area contributed by atoms with Gasteiger partial charge in [-0.3, -0.25) is 0 Å². The summed E-state index contributed by atoms with van der Waals surface area (Å²) in [7, 11) is 1.92. The predicted molar refractivity (Wildman–Crippen MR) is 67.2 cm³/mol. The third kappa shape index (κ3) is 2.19. The summed E-state index contributed by atoms with van der Waals surface area (Å²) < 4.78 is 2.91. The number of allylic oxidation sites excluding steroid dienone is 1. The third-order valence-electron chi connectivity index (χ3n) is 1.90. The van der Waals surface area contributed by atoms with Gasteiger partial charge >= 0.3 is 0 Å². The number of nitrogens with zero attached hydrogens (tertiary/aromatic N) is 4. The summed E-state index contributed by atoms with van der Waals surface area (Å²) in [4.78, 5) is 12.2. The second kappa shape index (κ2) is 4.46. The Balaban J connectivity index is 2.56. The molecule has 1 aromatic rings. The Labute approximate surface area is 101 Å². The quantitative estimate of drug-likeness (QED) is 0.448. The Hall–Kier alpha value is -1.33. The molecule has 1 aliphatic heterocycles. The monoisotopic (exact) mass is 311 g/mol. The van der Waals surface area contributed by atoms with Crippen molar-refractivity contribution in [1.29, 1.82) is 0 Å². The smallest absolute Gasteiger partial charge is 0.249 e. The molecule has 0 unspecified atom stereocenters. The van der Waals surface area contributed by atoms with E-state index in [4.69, 9.17) is 0 Å². The lowest BCUT2D eigenvalue weighted by molar-refractivity contribution is -0.416. The normalized spacial score (nSPS) is 15.2. The van der Waals surface area contributed by atoms with Crippen molar-refractivity contribution < 1.29 is 4.58 Å². The number of hydrogen-bond acceptors (Lipinski definition) is 3. The van der Waals surface area contributed by atoms with Gasteiger partial charge in [-0.05, 0) is 6.07 Å². The van der Waals surface area contributed by atoms with Crippen LogP contribution in [0, 0.1) is 0 Å². The van der Waals surface area contributed by atoms with Crippen LogP contribution in [0.5, 0.6) is 0 Å². The van der Waals surface area contributed by atoms with E-state index >= 15 is 0 Å². The zero-order valence-corrected chi connectivity index (χ0v) is 10.2. The molecule has 0 radical (unpaired) electrons. The first-order chi connectivity index (χ1) is 7.29. The van der Waals surface area contributed by atoms with Crippen LogP contribution in [0.2, 0.25) is 0 Å². The van der Waals surface area contributed by atoms with Crippen LogP contribution in [0.25, 0.3) is 5.57 Å². The lowest BCUT2D eigenvalue weighted by atomic mass is 10.2. The van der Waals surface area contributed by atoms with E-state index in [0.29, 0.717) is 0 Å². The maximum atomic E-state index is 4.20. The highest BCUT2D eigenvalue weighted by atomic mass is 127. The first kappa shape index (κ1) is 10.2. The van der Waals surface area contributed by atoms with Gasteiger partial charge in [-0.25, -0.2) is 15.0 Å². The van der Waals surface area contributed by atoms with Crippen molar-refractivity contribution in [3.05, 3.63) is 34.2 Å². The van der Waals surface area contributed by atoms with Crippen LogP contribution in [0.3, 0.4) is 0 Å². The Morgan fingerprint density at radius 2 is 2.33 bits per heavy atom. The molecule has 0 N–H and O–H groups in total. The molecule has 4 nitrogen and oxygen atoms in total. The molecule has 0 saturated carbocycles. The molecule has 0 spiro atoms. The lowest BCUT2D eigenvalue weighted by Crippen LogP contribution is -2.02. The molecule has 0 aromatic carbocycles. The van der Waals surface area contributed by atoms with Gasteiger partial charge in [-0.15, -0.1) is 4.58 Å². The fourth-order valence-corrected chi connectivity index (χ4v) is 1.70. The van der Waals surface area contributed by atoms with Crippen LogP contribution in [-0.4, -0.2) is 33.7 Å². The molecule has 74 valence electrons. The minimum absolute atomic E-state index is 0.863. The average molecular weight is 311 g/mol. The van der Waals surface area contributed by atoms with Gasteiger partial charge in [-0.2, -0.15) is 0 Å². The van der Waals surface area contributed by atoms with E-state index in [0.717, 1.165) is 15.0 Å². The maximum absolute atomic E-state index is 4.20. The highest BCUT2D eigenvalue weighted by molar-refractivity contribution is 14.1. The van der Waals surface area contributed by atoms with E-state index in [-0.39, 0.29) is 0 Å². The highest BCUT2D eigenvalue weighted by Gasteiger charge is 2.15. The Morgan fingerprint density at radius 1 is 1.47 bits per heavy atom. The van der Waals surface area contributed by atoms with E-state index in [1.807, 2.05) is 17.7 Å². The Bertz CT molecular complexity index is 495. The molecule has 15 heavy (non-hydrogen) atoms. The van der Waals surface area contributed by atoms with Gasteiger partial charge < -0.3 is 0 Å². The molecule has 0 atom stereocenters. The molecule has 0 aliphatic carbocycles. The van der Waals surface area contributed by atoms with Crippen LogP contribution >= 0.6 is 22.6 Å². The molecule has 0 bridgehead atoms. The number of aliphatic imine (C=N–C) groups is 1. The van der Waals surface area contributed by atoms with Crippen molar-refractivity contribution in [2.75, 3.05) is 7.05 Å². The summed E-state index contributed by atoms with van der Waals surface area (Å²) in [6.07, 6.45) is 6.66. The van der Waals surface area contributed by atoms with Crippen LogP contribution in [0.1, 0.15) is 5.69 Å². The fraction of sp³-hybridized carbons (Fsp3) is 0.100. The summed E-state index contributed by atoms with van der Waals surface area (Å²) in [6.45, 7) is 0. The standard InChI is InChI=1S/C10H8IN4/c1-15-5-4-12-6-8(10(15)11)9-2-3-13-7-14-9/h2-4,6-7H,1H3/q+1. The summed E-state index contributed by atoms with van der Waals surface area (Å²) in [5.41, 5.74) is 1.84. The highest BCUT2D eigenvalue weighted by Crippen LogP contribution is 2.20.